The molecule has 0 amide bonds. The zero-order valence-corrected chi connectivity index (χ0v) is 17.9. The lowest BCUT2D eigenvalue weighted by molar-refractivity contribution is 0.418. The SMILES string of the molecule is CCSC1CCCC(NC(=NC)NCc2cc(C#N)ccc2F)C1.I. The fourth-order valence-electron chi connectivity index (χ4n) is 3.01. The van der Waals surface area contributed by atoms with Crippen LogP contribution in [0.3, 0.4) is 0 Å². The highest BCUT2D eigenvalue weighted by atomic mass is 127. The maximum Gasteiger partial charge on any atom is 0.191 e. The summed E-state index contributed by atoms with van der Waals surface area (Å²) in [5.74, 6) is 1.52. The van der Waals surface area contributed by atoms with E-state index in [1.165, 1.54) is 25.0 Å². The Labute approximate surface area is 171 Å². The summed E-state index contributed by atoms with van der Waals surface area (Å²) in [4.78, 5) is 4.24. The molecule has 0 aromatic heterocycles. The normalized spacial score (nSPS) is 20.3. The van der Waals surface area contributed by atoms with Gasteiger partial charge in [-0.2, -0.15) is 17.0 Å². The van der Waals surface area contributed by atoms with Crippen molar-refractivity contribution in [3.05, 3.63) is 35.1 Å². The molecule has 4 nitrogen and oxygen atoms in total. The molecule has 25 heavy (non-hydrogen) atoms. The van der Waals surface area contributed by atoms with Crippen LogP contribution in [-0.2, 0) is 6.54 Å². The number of nitriles is 1. The number of nitrogens with one attached hydrogen (secondary N) is 2. The van der Waals surface area contributed by atoms with Gasteiger partial charge in [-0.25, -0.2) is 4.39 Å². The summed E-state index contributed by atoms with van der Waals surface area (Å²) < 4.78 is 13.8. The van der Waals surface area contributed by atoms with Gasteiger partial charge in [-0.3, -0.25) is 4.99 Å². The van der Waals surface area contributed by atoms with E-state index in [-0.39, 0.29) is 29.8 Å². The lowest BCUT2D eigenvalue weighted by Crippen LogP contribution is -2.45. The first kappa shape index (κ1) is 22.0. The second-order valence-electron chi connectivity index (χ2n) is 5.93. The van der Waals surface area contributed by atoms with Crippen LogP contribution in [0.2, 0.25) is 0 Å². The summed E-state index contributed by atoms with van der Waals surface area (Å²) in [6, 6.07) is 6.83. The summed E-state index contributed by atoms with van der Waals surface area (Å²) in [6.45, 7) is 2.51. The summed E-state index contributed by atoms with van der Waals surface area (Å²) in [7, 11) is 1.72. The van der Waals surface area contributed by atoms with Crippen LogP contribution < -0.4 is 10.6 Å². The van der Waals surface area contributed by atoms with E-state index in [1.807, 2.05) is 17.8 Å². The summed E-state index contributed by atoms with van der Waals surface area (Å²) in [5, 5.41) is 16.2. The summed E-state index contributed by atoms with van der Waals surface area (Å²) in [5.41, 5.74) is 0.933. The van der Waals surface area contributed by atoms with Gasteiger partial charge in [-0.15, -0.1) is 24.0 Å². The number of halogens is 2. The van der Waals surface area contributed by atoms with Crippen molar-refractivity contribution in [1.82, 2.24) is 10.6 Å². The van der Waals surface area contributed by atoms with E-state index in [0.29, 0.717) is 34.9 Å². The van der Waals surface area contributed by atoms with Crippen molar-refractivity contribution in [2.75, 3.05) is 12.8 Å². The first-order chi connectivity index (χ1) is 11.7. The molecule has 0 bridgehead atoms. The maximum absolute atomic E-state index is 13.8. The van der Waals surface area contributed by atoms with Gasteiger partial charge in [-0.05, 0) is 43.2 Å². The van der Waals surface area contributed by atoms with Gasteiger partial charge < -0.3 is 10.6 Å². The van der Waals surface area contributed by atoms with E-state index in [2.05, 4.69) is 22.5 Å². The van der Waals surface area contributed by atoms with Crippen molar-refractivity contribution in [2.45, 2.75) is 50.4 Å². The van der Waals surface area contributed by atoms with Crippen LogP contribution >= 0.6 is 35.7 Å². The lowest BCUT2D eigenvalue weighted by Gasteiger charge is -2.30. The minimum absolute atomic E-state index is 0. The average Bonchev–Trinajstić information content (AvgIpc) is 2.60. The fraction of sp³-hybridized carbons (Fsp3) is 0.556. The van der Waals surface area contributed by atoms with Crippen LogP contribution in [0.1, 0.15) is 43.7 Å². The molecule has 138 valence electrons. The van der Waals surface area contributed by atoms with Gasteiger partial charge in [0.15, 0.2) is 5.96 Å². The third-order valence-corrected chi connectivity index (χ3v) is 5.45. The predicted octanol–water partition coefficient (Wildman–Crippen LogP) is 4.04. The molecule has 2 N–H and O–H groups in total. The van der Waals surface area contributed by atoms with Crippen LogP contribution in [0.5, 0.6) is 0 Å². The molecule has 2 atom stereocenters. The van der Waals surface area contributed by atoms with Gasteiger partial charge >= 0.3 is 0 Å². The molecule has 0 radical (unpaired) electrons. The second kappa shape index (κ2) is 11.6. The number of nitrogens with zero attached hydrogens (tertiary/aromatic N) is 2. The number of thioether (sulfide) groups is 1. The van der Waals surface area contributed by atoms with Crippen molar-refractivity contribution in [2.24, 2.45) is 4.99 Å². The Morgan fingerprint density at radius 3 is 2.92 bits per heavy atom. The average molecular weight is 476 g/mol. The zero-order valence-electron chi connectivity index (χ0n) is 14.7. The van der Waals surface area contributed by atoms with Crippen LogP contribution in [0.4, 0.5) is 4.39 Å². The standard InChI is InChI=1S/C18H25FN4S.HI/c1-3-24-16-6-4-5-15(10-16)23-18(21-2)22-12-14-9-13(11-20)7-8-17(14)19;/h7-9,15-16H,3-6,10,12H2,1-2H3,(H2,21,22,23);1H. The molecule has 1 fully saturated rings. The second-order valence-corrected chi connectivity index (χ2v) is 7.51. The Hall–Kier alpha value is -1.01. The molecule has 2 unspecified atom stereocenters. The predicted molar refractivity (Wildman–Crippen MR) is 114 cm³/mol. The van der Waals surface area contributed by atoms with E-state index in [1.54, 1.807) is 13.1 Å². The Kier molecular flexibility index (Phi) is 10.2. The molecule has 2 rings (SSSR count). The number of guanidine groups is 1. The highest BCUT2D eigenvalue weighted by Crippen LogP contribution is 2.28. The Balaban J connectivity index is 0.00000312. The van der Waals surface area contributed by atoms with E-state index < -0.39 is 0 Å². The van der Waals surface area contributed by atoms with Gasteiger partial charge in [-0.1, -0.05) is 13.3 Å². The third-order valence-electron chi connectivity index (χ3n) is 4.21. The van der Waals surface area contributed by atoms with Crippen molar-refractivity contribution in [1.29, 1.82) is 5.26 Å². The first-order valence-electron chi connectivity index (χ1n) is 8.43. The number of rotatable bonds is 5. The highest BCUT2D eigenvalue weighted by Gasteiger charge is 2.22. The fourth-order valence-corrected chi connectivity index (χ4v) is 4.18. The van der Waals surface area contributed by atoms with Crippen molar-refractivity contribution >= 4 is 41.7 Å². The van der Waals surface area contributed by atoms with Gasteiger partial charge in [0.25, 0.3) is 0 Å². The van der Waals surface area contributed by atoms with Crippen molar-refractivity contribution < 1.29 is 4.39 Å². The number of hydrogen-bond donors (Lipinski definition) is 2. The Morgan fingerprint density at radius 2 is 2.24 bits per heavy atom. The molecule has 0 aliphatic heterocycles. The maximum atomic E-state index is 13.8. The number of benzene rings is 1. The molecule has 0 saturated heterocycles. The van der Waals surface area contributed by atoms with Gasteiger partial charge in [0.1, 0.15) is 5.82 Å². The van der Waals surface area contributed by atoms with E-state index in [4.69, 9.17) is 5.26 Å². The van der Waals surface area contributed by atoms with Crippen LogP contribution in [0.15, 0.2) is 23.2 Å². The van der Waals surface area contributed by atoms with Crippen LogP contribution in [0, 0.1) is 17.1 Å². The minimum Gasteiger partial charge on any atom is -0.354 e. The monoisotopic (exact) mass is 476 g/mol. The molecule has 1 aromatic rings. The van der Waals surface area contributed by atoms with E-state index in [9.17, 15) is 4.39 Å². The quantitative estimate of drug-likeness (QED) is 0.383. The van der Waals surface area contributed by atoms with Crippen LogP contribution in [0.25, 0.3) is 0 Å². The Bertz CT molecular complexity index is 616. The Morgan fingerprint density at radius 1 is 1.44 bits per heavy atom. The molecular weight excluding hydrogens is 450 g/mol. The minimum atomic E-state index is -0.311. The molecule has 7 heteroatoms. The third kappa shape index (κ3) is 7.02. The molecule has 1 aromatic carbocycles. The van der Waals surface area contributed by atoms with Gasteiger partial charge in [0.2, 0.25) is 0 Å². The summed E-state index contributed by atoms with van der Waals surface area (Å²) >= 11 is 2.03. The lowest BCUT2D eigenvalue weighted by atomic mass is 9.95. The largest absolute Gasteiger partial charge is 0.354 e. The molecule has 1 aliphatic carbocycles. The topological polar surface area (TPSA) is 60.2 Å². The molecule has 1 aliphatic rings. The van der Waals surface area contributed by atoms with E-state index >= 15 is 0 Å². The van der Waals surface area contributed by atoms with Gasteiger partial charge in [0, 0.05) is 30.4 Å². The zero-order chi connectivity index (χ0) is 17.4. The molecule has 1 saturated carbocycles. The van der Waals surface area contributed by atoms with Crippen LogP contribution in [-0.4, -0.2) is 30.1 Å². The summed E-state index contributed by atoms with van der Waals surface area (Å²) in [6.07, 6.45) is 4.79. The number of aliphatic imine (C=N–C) groups is 1. The highest BCUT2D eigenvalue weighted by molar-refractivity contribution is 14.0. The van der Waals surface area contributed by atoms with E-state index in [0.717, 1.165) is 18.6 Å². The molecular formula is C18H26FIN4S. The molecule has 0 heterocycles. The van der Waals surface area contributed by atoms with Crippen molar-refractivity contribution in [3.8, 4) is 6.07 Å². The first-order valence-corrected chi connectivity index (χ1v) is 9.48. The van der Waals surface area contributed by atoms with Gasteiger partial charge in [0.05, 0.1) is 11.6 Å². The smallest absolute Gasteiger partial charge is 0.191 e. The molecule has 0 spiro atoms. The van der Waals surface area contributed by atoms with Crippen molar-refractivity contribution in [3.63, 3.8) is 0 Å². The number of hydrogen-bond acceptors (Lipinski definition) is 3.